The lowest BCUT2D eigenvalue weighted by Gasteiger charge is -2.35. The lowest BCUT2D eigenvalue weighted by molar-refractivity contribution is 0.253. The van der Waals surface area contributed by atoms with Gasteiger partial charge in [0.25, 0.3) is 0 Å². The van der Waals surface area contributed by atoms with Crippen molar-refractivity contribution in [2.45, 2.75) is 51.5 Å². The summed E-state index contributed by atoms with van der Waals surface area (Å²) in [7, 11) is 2.15. The highest BCUT2D eigenvalue weighted by Crippen LogP contribution is 2.36. The second-order valence-electron chi connectivity index (χ2n) is 9.91. The quantitative estimate of drug-likeness (QED) is 0.520. The Hall–Kier alpha value is -3.13. The van der Waals surface area contributed by atoms with E-state index in [1.165, 1.54) is 6.07 Å². The Labute approximate surface area is 205 Å². The molecule has 8 heteroatoms. The molecular formula is C27H32F2N6. The maximum absolute atomic E-state index is 15.0. The van der Waals surface area contributed by atoms with Crippen LogP contribution >= 0.6 is 0 Å². The molecule has 0 saturated carbocycles. The summed E-state index contributed by atoms with van der Waals surface area (Å²) in [4.78, 5) is 17.6. The van der Waals surface area contributed by atoms with E-state index in [1.54, 1.807) is 6.20 Å². The van der Waals surface area contributed by atoms with E-state index in [-0.39, 0.29) is 23.5 Å². The average Bonchev–Trinajstić information content (AvgIpc) is 2.86. The van der Waals surface area contributed by atoms with Gasteiger partial charge in [-0.15, -0.1) is 0 Å². The van der Waals surface area contributed by atoms with E-state index in [0.29, 0.717) is 23.5 Å². The van der Waals surface area contributed by atoms with Gasteiger partial charge >= 0.3 is 0 Å². The molecule has 0 bridgehead atoms. The SMILES string of the molecule is CC(C)N1CCCc2c(F)cc(-c3nc(Nc4ccc(C5CCN(C)CC5)nc4)ncc3F)cc21. The summed E-state index contributed by atoms with van der Waals surface area (Å²) >= 11 is 0. The van der Waals surface area contributed by atoms with Gasteiger partial charge in [0.1, 0.15) is 11.5 Å². The normalized spacial score (nSPS) is 17.0. The predicted molar refractivity (Wildman–Crippen MR) is 135 cm³/mol. The summed E-state index contributed by atoms with van der Waals surface area (Å²) in [6.07, 6.45) is 6.69. The maximum Gasteiger partial charge on any atom is 0.227 e. The van der Waals surface area contributed by atoms with E-state index in [9.17, 15) is 4.39 Å². The van der Waals surface area contributed by atoms with Crippen molar-refractivity contribution in [3.8, 4) is 11.3 Å². The minimum Gasteiger partial charge on any atom is -0.369 e. The summed E-state index contributed by atoms with van der Waals surface area (Å²) in [5, 5.41) is 3.12. The third kappa shape index (κ3) is 4.98. The van der Waals surface area contributed by atoms with E-state index in [4.69, 9.17) is 0 Å². The van der Waals surface area contributed by atoms with E-state index >= 15 is 4.39 Å². The Bertz CT molecular complexity index is 1190. The zero-order chi connectivity index (χ0) is 24.5. The Kier molecular flexibility index (Phi) is 6.65. The van der Waals surface area contributed by atoms with E-state index in [1.807, 2.05) is 18.2 Å². The molecule has 1 fully saturated rings. The van der Waals surface area contributed by atoms with Gasteiger partial charge < -0.3 is 15.1 Å². The van der Waals surface area contributed by atoms with Crippen LogP contribution in [0.4, 0.5) is 26.1 Å². The van der Waals surface area contributed by atoms with Gasteiger partial charge in [-0.25, -0.2) is 18.7 Å². The number of aromatic nitrogens is 3. The minimum atomic E-state index is -0.586. The molecule has 2 aliphatic rings. The van der Waals surface area contributed by atoms with Crippen LogP contribution in [-0.4, -0.2) is 52.6 Å². The molecule has 0 amide bonds. The van der Waals surface area contributed by atoms with Crippen molar-refractivity contribution in [1.82, 2.24) is 19.9 Å². The van der Waals surface area contributed by atoms with Gasteiger partial charge in [0.15, 0.2) is 5.82 Å². The van der Waals surface area contributed by atoms with Gasteiger partial charge in [0, 0.05) is 41.0 Å². The average molecular weight is 479 g/mol. The predicted octanol–water partition coefficient (Wildman–Crippen LogP) is 5.53. The number of nitrogens with one attached hydrogen (secondary N) is 1. The number of piperidine rings is 1. The molecule has 6 nitrogen and oxygen atoms in total. The molecule has 4 heterocycles. The molecule has 0 radical (unpaired) electrons. The molecule has 1 saturated heterocycles. The van der Waals surface area contributed by atoms with Crippen molar-refractivity contribution in [1.29, 1.82) is 0 Å². The van der Waals surface area contributed by atoms with Crippen LogP contribution in [0.15, 0.2) is 36.7 Å². The van der Waals surface area contributed by atoms with Gasteiger partial charge in [-0.2, -0.15) is 0 Å². The highest BCUT2D eigenvalue weighted by atomic mass is 19.1. The largest absolute Gasteiger partial charge is 0.369 e. The molecule has 1 N–H and O–H groups in total. The second-order valence-corrected chi connectivity index (χ2v) is 9.91. The van der Waals surface area contributed by atoms with Crippen molar-refractivity contribution in [3.63, 3.8) is 0 Å². The minimum absolute atomic E-state index is 0.0781. The molecule has 35 heavy (non-hydrogen) atoms. The zero-order valence-electron chi connectivity index (χ0n) is 20.6. The van der Waals surface area contributed by atoms with Crippen LogP contribution in [0.3, 0.4) is 0 Å². The van der Waals surface area contributed by atoms with Crippen molar-refractivity contribution in [3.05, 3.63) is 59.6 Å². The van der Waals surface area contributed by atoms with Crippen molar-refractivity contribution in [2.75, 3.05) is 36.9 Å². The molecule has 3 aromatic rings. The fraction of sp³-hybridized carbons (Fsp3) is 0.444. The lowest BCUT2D eigenvalue weighted by atomic mass is 9.93. The Morgan fingerprint density at radius 1 is 1.00 bits per heavy atom. The zero-order valence-corrected chi connectivity index (χ0v) is 20.6. The van der Waals surface area contributed by atoms with Crippen LogP contribution in [0.5, 0.6) is 0 Å². The van der Waals surface area contributed by atoms with Gasteiger partial charge in [-0.05, 0) is 83.9 Å². The van der Waals surface area contributed by atoms with Crippen LogP contribution < -0.4 is 10.2 Å². The number of anilines is 3. The van der Waals surface area contributed by atoms with Crippen LogP contribution in [0.1, 0.15) is 50.3 Å². The first-order chi connectivity index (χ1) is 16.9. The van der Waals surface area contributed by atoms with Crippen molar-refractivity contribution >= 4 is 17.3 Å². The van der Waals surface area contributed by atoms with Gasteiger partial charge in [-0.1, -0.05) is 0 Å². The summed E-state index contributed by atoms with van der Waals surface area (Å²) in [5.74, 6) is -0.186. The third-order valence-corrected chi connectivity index (χ3v) is 7.13. The Balaban J connectivity index is 1.39. The second kappa shape index (κ2) is 9.85. The molecule has 1 aromatic carbocycles. The first-order valence-corrected chi connectivity index (χ1v) is 12.4. The smallest absolute Gasteiger partial charge is 0.227 e. The van der Waals surface area contributed by atoms with Crippen molar-refractivity contribution < 1.29 is 8.78 Å². The van der Waals surface area contributed by atoms with Gasteiger partial charge in [0.05, 0.1) is 18.1 Å². The van der Waals surface area contributed by atoms with Crippen molar-refractivity contribution in [2.24, 2.45) is 0 Å². The number of hydrogen-bond donors (Lipinski definition) is 1. The van der Waals surface area contributed by atoms with Crippen LogP contribution in [0.25, 0.3) is 11.3 Å². The molecule has 0 unspecified atom stereocenters. The highest BCUT2D eigenvalue weighted by molar-refractivity contribution is 5.71. The van der Waals surface area contributed by atoms with E-state index in [2.05, 4.69) is 51.0 Å². The number of benzene rings is 1. The van der Waals surface area contributed by atoms with Gasteiger partial charge in [-0.3, -0.25) is 4.98 Å². The fourth-order valence-corrected chi connectivity index (χ4v) is 5.13. The summed E-state index contributed by atoms with van der Waals surface area (Å²) < 4.78 is 29.8. The summed E-state index contributed by atoms with van der Waals surface area (Å²) in [5.41, 5.74) is 3.81. The number of fused-ring (bicyclic) bond motifs is 1. The standard InChI is InChI=1S/C27H32F2N6/c1-17(2)35-10-4-5-21-22(28)13-19(14-25(21)35)26-23(29)16-31-27(33-26)32-20-6-7-24(30-15-20)18-8-11-34(3)12-9-18/h6-7,13-18H,4-5,8-12H2,1-3H3,(H,31,32,33). The number of nitrogens with zero attached hydrogens (tertiary/aromatic N) is 5. The molecule has 2 aliphatic heterocycles. The molecule has 0 atom stereocenters. The lowest BCUT2D eigenvalue weighted by Crippen LogP contribution is -2.35. The maximum atomic E-state index is 15.0. The van der Waals surface area contributed by atoms with Gasteiger partial charge in [0.2, 0.25) is 5.95 Å². The molecule has 0 spiro atoms. The number of halogens is 2. The summed E-state index contributed by atoms with van der Waals surface area (Å²) in [6.45, 7) is 7.18. The molecule has 184 valence electrons. The Morgan fingerprint density at radius 2 is 1.80 bits per heavy atom. The first-order valence-electron chi connectivity index (χ1n) is 12.4. The monoisotopic (exact) mass is 478 g/mol. The molecule has 0 aliphatic carbocycles. The number of rotatable bonds is 5. The molecule has 5 rings (SSSR count). The molecule has 2 aromatic heterocycles. The van der Waals surface area contributed by atoms with Crippen LogP contribution in [0.2, 0.25) is 0 Å². The number of hydrogen-bond acceptors (Lipinski definition) is 6. The highest BCUT2D eigenvalue weighted by Gasteiger charge is 2.24. The van der Waals surface area contributed by atoms with E-state index < -0.39 is 5.82 Å². The van der Waals surface area contributed by atoms with Crippen LogP contribution in [0, 0.1) is 11.6 Å². The Morgan fingerprint density at radius 3 is 2.51 bits per heavy atom. The third-order valence-electron chi connectivity index (χ3n) is 7.13. The first kappa shape index (κ1) is 23.6. The fourth-order valence-electron chi connectivity index (χ4n) is 5.13. The number of pyridine rings is 1. The topological polar surface area (TPSA) is 57.2 Å². The number of likely N-dealkylation sites (tertiary alicyclic amines) is 1. The molecular weight excluding hydrogens is 446 g/mol. The van der Waals surface area contributed by atoms with Crippen LogP contribution in [-0.2, 0) is 6.42 Å². The van der Waals surface area contributed by atoms with E-state index in [0.717, 1.165) is 62.2 Å². The summed E-state index contributed by atoms with van der Waals surface area (Å²) in [6, 6.07) is 7.44.